The van der Waals surface area contributed by atoms with Gasteiger partial charge in [-0.15, -0.1) is 16.9 Å². The van der Waals surface area contributed by atoms with Crippen LogP contribution in [0.3, 0.4) is 0 Å². The Morgan fingerprint density at radius 1 is 1.56 bits per heavy atom. The highest BCUT2D eigenvalue weighted by molar-refractivity contribution is 7.99. The smallest absolute Gasteiger partial charge is 0.230 e. The molecule has 0 spiro atoms. The second-order valence-corrected chi connectivity index (χ2v) is 6.05. The van der Waals surface area contributed by atoms with Crippen LogP contribution in [0.15, 0.2) is 0 Å². The summed E-state index contributed by atoms with van der Waals surface area (Å²) in [6.07, 6.45) is 3.35. The van der Waals surface area contributed by atoms with Crippen LogP contribution in [0, 0.1) is 0 Å². The molecule has 5 nitrogen and oxygen atoms in total. The van der Waals surface area contributed by atoms with E-state index in [4.69, 9.17) is 0 Å². The number of carbonyl (C=O) groups is 1. The molecule has 0 radical (unpaired) electrons. The Bertz CT molecular complexity index is 392. The van der Waals surface area contributed by atoms with Gasteiger partial charge in [-0.1, -0.05) is 11.4 Å². The van der Waals surface area contributed by atoms with E-state index in [9.17, 15) is 4.79 Å². The van der Waals surface area contributed by atoms with E-state index in [-0.39, 0.29) is 5.91 Å². The molecule has 1 fully saturated rings. The third-order valence-electron chi connectivity index (χ3n) is 2.51. The summed E-state index contributed by atoms with van der Waals surface area (Å²) < 4.78 is 3.95. The SMILES string of the molecule is CCCNc1snnc1CSCC(=O)NC1CC1. The van der Waals surface area contributed by atoms with Crippen LogP contribution in [0.4, 0.5) is 5.00 Å². The number of carbonyl (C=O) groups excluding carboxylic acids is 1. The van der Waals surface area contributed by atoms with Gasteiger partial charge in [0.1, 0.15) is 10.7 Å². The third-order valence-corrected chi connectivity index (χ3v) is 4.18. The van der Waals surface area contributed by atoms with Crippen LogP contribution < -0.4 is 10.6 Å². The first kappa shape index (κ1) is 13.6. The molecule has 100 valence electrons. The summed E-state index contributed by atoms with van der Waals surface area (Å²) in [5.74, 6) is 1.37. The van der Waals surface area contributed by atoms with Crippen molar-refractivity contribution in [1.29, 1.82) is 0 Å². The van der Waals surface area contributed by atoms with Crippen molar-refractivity contribution in [1.82, 2.24) is 14.9 Å². The highest BCUT2D eigenvalue weighted by Crippen LogP contribution is 2.23. The van der Waals surface area contributed by atoms with Crippen molar-refractivity contribution in [3.05, 3.63) is 5.69 Å². The largest absolute Gasteiger partial charge is 0.374 e. The summed E-state index contributed by atoms with van der Waals surface area (Å²) in [7, 11) is 0. The lowest BCUT2D eigenvalue weighted by Gasteiger charge is -2.04. The summed E-state index contributed by atoms with van der Waals surface area (Å²) in [5.41, 5.74) is 0.956. The molecule has 0 bridgehead atoms. The predicted molar refractivity (Wildman–Crippen MR) is 76.0 cm³/mol. The van der Waals surface area contributed by atoms with E-state index in [0.29, 0.717) is 11.8 Å². The van der Waals surface area contributed by atoms with Crippen molar-refractivity contribution in [3.63, 3.8) is 0 Å². The number of nitrogens with one attached hydrogen (secondary N) is 2. The van der Waals surface area contributed by atoms with Crippen LogP contribution in [0.2, 0.25) is 0 Å². The van der Waals surface area contributed by atoms with Gasteiger partial charge in [-0.2, -0.15) is 0 Å². The molecule has 18 heavy (non-hydrogen) atoms. The van der Waals surface area contributed by atoms with Gasteiger partial charge in [0.2, 0.25) is 5.91 Å². The summed E-state index contributed by atoms with van der Waals surface area (Å²) in [6, 6.07) is 0.445. The Morgan fingerprint density at radius 3 is 3.11 bits per heavy atom. The lowest BCUT2D eigenvalue weighted by molar-refractivity contribution is -0.118. The fraction of sp³-hybridized carbons (Fsp3) is 0.727. The average molecular weight is 286 g/mol. The number of hydrogen-bond acceptors (Lipinski definition) is 6. The van der Waals surface area contributed by atoms with Gasteiger partial charge < -0.3 is 10.6 Å². The normalized spacial score (nSPS) is 14.5. The molecule has 0 unspecified atom stereocenters. The Morgan fingerprint density at radius 2 is 2.39 bits per heavy atom. The molecule has 1 amide bonds. The van der Waals surface area contributed by atoms with Crippen molar-refractivity contribution in [3.8, 4) is 0 Å². The molecule has 7 heteroatoms. The molecule has 0 aliphatic heterocycles. The first-order valence-corrected chi connectivity index (χ1v) is 8.14. The van der Waals surface area contributed by atoms with Gasteiger partial charge in [-0.05, 0) is 19.3 Å². The van der Waals surface area contributed by atoms with Gasteiger partial charge in [-0.3, -0.25) is 4.79 Å². The Hall–Kier alpha value is -0.820. The standard InChI is InChI=1S/C11H18N4OS2/c1-2-5-12-11-9(14-15-18-11)6-17-7-10(16)13-8-3-4-8/h8,12H,2-7H2,1H3,(H,13,16). The quantitative estimate of drug-likeness (QED) is 0.763. The molecule has 1 aliphatic carbocycles. The maximum absolute atomic E-state index is 11.5. The minimum atomic E-state index is 0.133. The van der Waals surface area contributed by atoms with E-state index in [1.807, 2.05) is 0 Å². The number of anilines is 1. The molecule has 1 saturated carbocycles. The maximum Gasteiger partial charge on any atom is 0.230 e. The summed E-state index contributed by atoms with van der Waals surface area (Å²) >= 11 is 2.97. The Labute approximate surface area is 115 Å². The van der Waals surface area contributed by atoms with Gasteiger partial charge in [0.25, 0.3) is 0 Å². The predicted octanol–water partition coefficient (Wildman–Crippen LogP) is 1.87. The summed E-state index contributed by atoms with van der Waals surface area (Å²) in [5, 5.41) is 11.4. The van der Waals surface area contributed by atoms with Crippen LogP contribution in [-0.2, 0) is 10.5 Å². The molecule has 2 N–H and O–H groups in total. The maximum atomic E-state index is 11.5. The Balaban J connectivity index is 1.68. The highest BCUT2D eigenvalue weighted by Gasteiger charge is 2.22. The molecule has 0 saturated heterocycles. The number of rotatable bonds is 8. The zero-order chi connectivity index (χ0) is 12.8. The molecule has 1 heterocycles. The van der Waals surface area contributed by atoms with Gasteiger partial charge >= 0.3 is 0 Å². The zero-order valence-electron chi connectivity index (χ0n) is 10.4. The number of aromatic nitrogens is 2. The van der Waals surface area contributed by atoms with E-state index >= 15 is 0 Å². The van der Waals surface area contributed by atoms with E-state index in [1.165, 1.54) is 11.5 Å². The molecule has 1 aromatic rings. The van der Waals surface area contributed by atoms with E-state index < -0.39 is 0 Å². The number of amides is 1. The minimum Gasteiger partial charge on any atom is -0.374 e. The first-order chi connectivity index (χ1) is 8.79. The van der Waals surface area contributed by atoms with Crippen molar-refractivity contribution in [2.24, 2.45) is 0 Å². The van der Waals surface area contributed by atoms with Crippen LogP contribution in [0.25, 0.3) is 0 Å². The van der Waals surface area contributed by atoms with E-state index in [0.717, 1.165) is 42.3 Å². The van der Waals surface area contributed by atoms with Gasteiger partial charge in [0.05, 0.1) is 5.75 Å². The summed E-state index contributed by atoms with van der Waals surface area (Å²) in [6.45, 7) is 3.06. The Kier molecular flexibility index (Phi) is 5.25. The van der Waals surface area contributed by atoms with Crippen LogP contribution in [0.5, 0.6) is 0 Å². The minimum absolute atomic E-state index is 0.133. The van der Waals surface area contributed by atoms with E-state index in [2.05, 4.69) is 27.1 Å². The van der Waals surface area contributed by atoms with Gasteiger partial charge in [0.15, 0.2) is 0 Å². The highest BCUT2D eigenvalue weighted by atomic mass is 32.2. The second kappa shape index (κ2) is 6.94. The van der Waals surface area contributed by atoms with Gasteiger partial charge in [0, 0.05) is 29.9 Å². The van der Waals surface area contributed by atoms with E-state index in [1.54, 1.807) is 11.8 Å². The molecule has 0 atom stereocenters. The molecule has 1 aromatic heterocycles. The second-order valence-electron chi connectivity index (χ2n) is 4.31. The average Bonchev–Trinajstić information content (AvgIpc) is 3.05. The third kappa shape index (κ3) is 4.45. The lowest BCUT2D eigenvalue weighted by atomic mass is 10.4. The zero-order valence-corrected chi connectivity index (χ0v) is 12.1. The fourth-order valence-electron chi connectivity index (χ4n) is 1.41. The fourth-order valence-corrected chi connectivity index (χ4v) is 2.88. The van der Waals surface area contributed by atoms with Crippen molar-refractivity contribution >= 4 is 34.2 Å². The van der Waals surface area contributed by atoms with Gasteiger partial charge in [-0.25, -0.2) is 0 Å². The molecule has 0 aromatic carbocycles. The monoisotopic (exact) mass is 286 g/mol. The van der Waals surface area contributed by atoms with Crippen LogP contribution in [-0.4, -0.2) is 33.8 Å². The number of nitrogens with zero attached hydrogens (tertiary/aromatic N) is 2. The topological polar surface area (TPSA) is 66.9 Å². The molecular weight excluding hydrogens is 268 g/mol. The van der Waals surface area contributed by atoms with Crippen molar-refractivity contribution < 1.29 is 4.79 Å². The summed E-state index contributed by atoms with van der Waals surface area (Å²) in [4.78, 5) is 11.5. The van der Waals surface area contributed by atoms with Crippen LogP contribution in [0.1, 0.15) is 31.9 Å². The van der Waals surface area contributed by atoms with Crippen LogP contribution >= 0.6 is 23.3 Å². The molecule has 1 aliphatic rings. The number of hydrogen-bond donors (Lipinski definition) is 2. The number of thioether (sulfide) groups is 1. The molecular formula is C11H18N4OS2. The van der Waals surface area contributed by atoms with Crippen molar-refractivity contribution in [2.75, 3.05) is 17.6 Å². The first-order valence-electron chi connectivity index (χ1n) is 6.21. The molecule has 2 rings (SSSR count). The lowest BCUT2D eigenvalue weighted by Crippen LogP contribution is -2.27. The van der Waals surface area contributed by atoms with Crippen molar-refractivity contribution in [2.45, 2.75) is 38.0 Å².